The molecule has 0 amide bonds. The molecule has 0 saturated carbocycles. The van der Waals surface area contributed by atoms with Crippen molar-refractivity contribution in [3.63, 3.8) is 0 Å². The van der Waals surface area contributed by atoms with E-state index >= 15 is 0 Å². The molecular formula is C11H18O4. The fraction of sp³-hybridized carbons (Fsp3) is 0.727. The van der Waals surface area contributed by atoms with Crippen LogP contribution in [0.2, 0.25) is 0 Å². The molecule has 4 heteroatoms. The topological polar surface area (TPSA) is 59.1 Å². The lowest BCUT2D eigenvalue weighted by molar-refractivity contribution is -0.139. The molecule has 1 atom stereocenters. The van der Waals surface area contributed by atoms with Crippen molar-refractivity contribution in [3.05, 3.63) is 11.6 Å². The molecule has 0 aromatic heterocycles. The molecule has 0 radical (unpaired) electrons. The number of aliphatic hydroxyl groups excluding tert-OH is 1. The summed E-state index contributed by atoms with van der Waals surface area (Å²) in [4.78, 5) is 11.3. The predicted octanol–water partition coefficient (Wildman–Crippen LogP) is 1.04. The Kier molecular flexibility index (Phi) is 5.36. The SMILES string of the molecule is CC(=CCCCCO)C(=O)OCC1CO1. The van der Waals surface area contributed by atoms with Gasteiger partial charge in [0.15, 0.2) is 0 Å². The van der Waals surface area contributed by atoms with E-state index in [2.05, 4.69) is 0 Å². The van der Waals surface area contributed by atoms with E-state index in [0.29, 0.717) is 18.8 Å². The minimum Gasteiger partial charge on any atom is -0.459 e. The van der Waals surface area contributed by atoms with Crippen LogP contribution >= 0.6 is 0 Å². The highest BCUT2D eigenvalue weighted by molar-refractivity contribution is 5.87. The second-order valence-electron chi connectivity index (χ2n) is 3.66. The second-order valence-corrected chi connectivity index (χ2v) is 3.66. The van der Waals surface area contributed by atoms with Crippen LogP contribution in [0.15, 0.2) is 11.6 Å². The molecule has 0 spiro atoms. The van der Waals surface area contributed by atoms with E-state index < -0.39 is 0 Å². The van der Waals surface area contributed by atoms with E-state index in [4.69, 9.17) is 14.6 Å². The number of allylic oxidation sites excluding steroid dienone is 1. The maximum Gasteiger partial charge on any atom is 0.333 e. The molecule has 86 valence electrons. The smallest absolute Gasteiger partial charge is 0.333 e. The molecule has 0 bridgehead atoms. The maximum absolute atomic E-state index is 11.3. The lowest BCUT2D eigenvalue weighted by atomic mass is 10.2. The zero-order valence-corrected chi connectivity index (χ0v) is 9.07. The van der Waals surface area contributed by atoms with Crippen LogP contribution in [0.25, 0.3) is 0 Å². The number of epoxide rings is 1. The van der Waals surface area contributed by atoms with Crippen molar-refractivity contribution in [2.24, 2.45) is 0 Å². The van der Waals surface area contributed by atoms with E-state index in [9.17, 15) is 4.79 Å². The van der Waals surface area contributed by atoms with E-state index in [0.717, 1.165) is 19.3 Å². The van der Waals surface area contributed by atoms with Crippen LogP contribution in [-0.4, -0.2) is 37.0 Å². The molecule has 1 rings (SSSR count). The first kappa shape index (κ1) is 12.2. The molecule has 1 saturated heterocycles. The quantitative estimate of drug-likeness (QED) is 0.298. The van der Waals surface area contributed by atoms with Crippen LogP contribution in [-0.2, 0) is 14.3 Å². The average Bonchev–Trinajstić information content (AvgIpc) is 3.04. The minimum atomic E-state index is -0.269. The lowest BCUT2D eigenvalue weighted by Crippen LogP contribution is -2.10. The Morgan fingerprint density at radius 2 is 2.33 bits per heavy atom. The van der Waals surface area contributed by atoms with E-state index in [-0.39, 0.29) is 18.7 Å². The van der Waals surface area contributed by atoms with E-state index in [1.54, 1.807) is 6.92 Å². The molecule has 1 N–H and O–H groups in total. The molecule has 0 aliphatic carbocycles. The molecule has 1 fully saturated rings. The molecule has 4 nitrogen and oxygen atoms in total. The van der Waals surface area contributed by atoms with Gasteiger partial charge in [-0.25, -0.2) is 4.79 Å². The molecule has 1 heterocycles. The van der Waals surface area contributed by atoms with Gasteiger partial charge >= 0.3 is 5.97 Å². The van der Waals surface area contributed by atoms with Gasteiger partial charge in [-0.15, -0.1) is 0 Å². The van der Waals surface area contributed by atoms with Crippen molar-refractivity contribution in [2.45, 2.75) is 32.3 Å². The average molecular weight is 214 g/mol. The molecule has 1 aliphatic rings. The Bertz CT molecular complexity index is 231. The third kappa shape index (κ3) is 5.54. The fourth-order valence-electron chi connectivity index (χ4n) is 1.10. The van der Waals surface area contributed by atoms with Crippen molar-refractivity contribution in [1.82, 2.24) is 0 Å². The van der Waals surface area contributed by atoms with Gasteiger partial charge in [0.2, 0.25) is 0 Å². The first-order valence-corrected chi connectivity index (χ1v) is 5.30. The third-order valence-electron chi connectivity index (χ3n) is 2.19. The van der Waals surface area contributed by atoms with Gasteiger partial charge in [-0.05, 0) is 26.2 Å². The third-order valence-corrected chi connectivity index (χ3v) is 2.19. The standard InChI is InChI=1S/C11H18O4/c1-9(5-3-2-4-6-12)11(13)15-8-10-7-14-10/h5,10,12H,2-4,6-8H2,1H3. The number of esters is 1. The molecular weight excluding hydrogens is 196 g/mol. The predicted molar refractivity (Wildman–Crippen MR) is 55.4 cm³/mol. The van der Waals surface area contributed by atoms with Crippen molar-refractivity contribution in [3.8, 4) is 0 Å². The van der Waals surface area contributed by atoms with Gasteiger partial charge in [0.05, 0.1) is 6.61 Å². The van der Waals surface area contributed by atoms with Crippen LogP contribution < -0.4 is 0 Å². The number of carbonyl (C=O) groups excluding carboxylic acids is 1. The van der Waals surface area contributed by atoms with Crippen molar-refractivity contribution >= 4 is 5.97 Å². The van der Waals surface area contributed by atoms with Crippen molar-refractivity contribution in [2.75, 3.05) is 19.8 Å². The van der Waals surface area contributed by atoms with E-state index in [1.807, 2.05) is 6.08 Å². The first-order chi connectivity index (χ1) is 7.24. The number of unbranched alkanes of at least 4 members (excludes halogenated alkanes) is 2. The lowest BCUT2D eigenvalue weighted by Gasteiger charge is -2.02. The van der Waals surface area contributed by atoms with Crippen molar-refractivity contribution < 1.29 is 19.4 Å². The van der Waals surface area contributed by atoms with Crippen LogP contribution in [0.3, 0.4) is 0 Å². The highest BCUT2D eigenvalue weighted by atomic mass is 16.6. The minimum absolute atomic E-state index is 0.121. The summed E-state index contributed by atoms with van der Waals surface area (Å²) >= 11 is 0. The van der Waals surface area contributed by atoms with Crippen LogP contribution in [0.1, 0.15) is 26.2 Å². The number of hydrogen-bond acceptors (Lipinski definition) is 4. The number of aliphatic hydroxyl groups is 1. The summed E-state index contributed by atoms with van der Waals surface area (Å²) in [6.45, 7) is 3.01. The number of hydrogen-bond donors (Lipinski definition) is 1. The summed E-state index contributed by atoms with van der Waals surface area (Å²) in [5.41, 5.74) is 0.633. The summed E-state index contributed by atoms with van der Waals surface area (Å²) in [5, 5.41) is 8.57. The highest BCUT2D eigenvalue weighted by Crippen LogP contribution is 2.10. The van der Waals surface area contributed by atoms with Crippen LogP contribution in [0.4, 0.5) is 0 Å². The Morgan fingerprint density at radius 3 is 2.93 bits per heavy atom. The van der Waals surface area contributed by atoms with Gasteiger partial charge in [0.25, 0.3) is 0 Å². The largest absolute Gasteiger partial charge is 0.459 e. The summed E-state index contributed by atoms with van der Waals surface area (Å²) in [6, 6.07) is 0. The molecule has 1 aliphatic heterocycles. The molecule has 0 aromatic carbocycles. The molecule has 15 heavy (non-hydrogen) atoms. The number of rotatable bonds is 7. The van der Waals surface area contributed by atoms with Gasteiger partial charge < -0.3 is 14.6 Å². The van der Waals surface area contributed by atoms with Gasteiger partial charge in [-0.1, -0.05) is 6.08 Å². The van der Waals surface area contributed by atoms with Crippen molar-refractivity contribution in [1.29, 1.82) is 0 Å². The Morgan fingerprint density at radius 1 is 1.60 bits per heavy atom. The Labute approximate surface area is 89.9 Å². The van der Waals surface area contributed by atoms with E-state index in [1.165, 1.54) is 0 Å². The highest BCUT2D eigenvalue weighted by Gasteiger charge is 2.24. The summed E-state index contributed by atoms with van der Waals surface area (Å²) < 4.78 is 9.93. The first-order valence-electron chi connectivity index (χ1n) is 5.30. The summed E-state index contributed by atoms with van der Waals surface area (Å²) in [7, 11) is 0. The van der Waals surface area contributed by atoms with Gasteiger partial charge in [-0.3, -0.25) is 0 Å². The monoisotopic (exact) mass is 214 g/mol. The fourth-order valence-corrected chi connectivity index (χ4v) is 1.10. The van der Waals surface area contributed by atoms with Gasteiger partial charge in [0, 0.05) is 12.2 Å². The molecule has 1 unspecified atom stereocenters. The maximum atomic E-state index is 11.3. The second kappa shape index (κ2) is 6.58. The summed E-state index contributed by atoms with van der Waals surface area (Å²) in [6.07, 6.45) is 4.45. The number of ether oxygens (including phenoxy) is 2. The normalized spacial score (nSPS) is 20.1. The van der Waals surface area contributed by atoms with Gasteiger partial charge in [-0.2, -0.15) is 0 Å². The Hall–Kier alpha value is -0.870. The van der Waals surface area contributed by atoms with Crippen LogP contribution in [0, 0.1) is 0 Å². The number of carbonyl (C=O) groups is 1. The molecule has 0 aromatic rings. The summed E-state index contributed by atoms with van der Waals surface area (Å²) in [5.74, 6) is -0.269. The zero-order valence-electron chi connectivity index (χ0n) is 9.07. The zero-order chi connectivity index (χ0) is 11.1. The Balaban J connectivity index is 2.11. The van der Waals surface area contributed by atoms with Gasteiger partial charge in [0.1, 0.15) is 12.7 Å². The van der Waals surface area contributed by atoms with Crippen LogP contribution in [0.5, 0.6) is 0 Å².